The summed E-state index contributed by atoms with van der Waals surface area (Å²) in [5.41, 5.74) is 4.04. The maximum Gasteiger partial charge on any atom is 0.294 e. The highest BCUT2D eigenvalue weighted by molar-refractivity contribution is 7.19. The molecule has 1 N–H and O–H groups in total. The normalized spacial score (nSPS) is 11.1. The van der Waals surface area contributed by atoms with Crippen LogP contribution in [0.1, 0.15) is 16.1 Å². The minimum Gasteiger partial charge on any atom is -0.324 e. The minimum atomic E-state index is -0.386. The zero-order valence-corrected chi connectivity index (χ0v) is 18.3. The van der Waals surface area contributed by atoms with Gasteiger partial charge in [0.25, 0.3) is 5.56 Å². The number of hydrogen-bond acceptors (Lipinski definition) is 5. The van der Waals surface area contributed by atoms with Crippen LogP contribution < -0.4 is 10.9 Å². The molecule has 0 bridgehead atoms. The molecule has 2 heterocycles. The molecular formula is C22H19ClN4O2S. The molecule has 6 nitrogen and oxygen atoms in total. The van der Waals surface area contributed by atoms with Gasteiger partial charge >= 0.3 is 0 Å². The van der Waals surface area contributed by atoms with Crippen LogP contribution in [0.2, 0.25) is 5.02 Å². The first-order valence-electron chi connectivity index (χ1n) is 9.33. The molecule has 0 atom stereocenters. The van der Waals surface area contributed by atoms with E-state index >= 15 is 0 Å². The van der Waals surface area contributed by atoms with Gasteiger partial charge in [-0.3, -0.25) is 9.59 Å². The van der Waals surface area contributed by atoms with Crippen molar-refractivity contribution in [1.82, 2.24) is 14.8 Å². The zero-order valence-electron chi connectivity index (χ0n) is 16.7. The molecule has 4 rings (SSSR count). The van der Waals surface area contributed by atoms with Crippen LogP contribution in [-0.4, -0.2) is 20.7 Å². The molecule has 4 aromatic rings. The molecule has 2 aromatic carbocycles. The molecule has 0 aliphatic rings. The van der Waals surface area contributed by atoms with E-state index in [1.54, 1.807) is 12.1 Å². The third-order valence-corrected chi connectivity index (χ3v) is 5.91. The van der Waals surface area contributed by atoms with E-state index in [9.17, 15) is 9.59 Å². The topological polar surface area (TPSA) is 76.9 Å². The largest absolute Gasteiger partial charge is 0.324 e. The molecule has 1 amide bonds. The van der Waals surface area contributed by atoms with Gasteiger partial charge in [0.05, 0.1) is 9.71 Å². The summed E-state index contributed by atoms with van der Waals surface area (Å²) in [6, 6.07) is 13.0. The number of anilines is 1. The molecule has 0 aliphatic carbocycles. The average molecular weight is 439 g/mol. The number of nitrogens with zero attached hydrogens (tertiary/aromatic N) is 3. The Morgan fingerprint density at radius 2 is 1.87 bits per heavy atom. The highest BCUT2D eigenvalue weighted by atomic mass is 35.5. The molecule has 0 aliphatic heterocycles. The van der Waals surface area contributed by atoms with Gasteiger partial charge in [-0.15, -0.1) is 11.3 Å². The standard InChI is InChI=1S/C22H19ClN4O2S/c1-12-4-5-13(2)17(10-12)25-18(28)11-27-22(29)20-21(30-14(3)24-20)19(26-27)15-6-8-16(23)9-7-15/h4-10H,11H2,1-3H3,(H,25,28). The van der Waals surface area contributed by atoms with Crippen molar-refractivity contribution in [2.75, 3.05) is 5.32 Å². The van der Waals surface area contributed by atoms with Gasteiger partial charge in [-0.25, -0.2) is 9.67 Å². The number of thiazole rings is 1. The fourth-order valence-electron chi connectivity index (χ4n) is 3.17. The Kier molecular flexibility index (Phi) is 5.40. The van der Waals surface area contributed by atoms with Crippen molar-refractivity contribution in [2.45, 2.75) is 27.3 Å². The van der Waals surface area contributed by atoms with E-state index < -0.39 is 0 Å². The van der Waals surface area contributed by atoms with Crippen LogP contribution >= 0.6 is 22.9 Å². The molecule has 0 radical (unpaired) electrons. The summed E-state index contributed by atoms with van der Waals surface area (Å²) in [5.74, 6) is -0.327. The first-order chi connectivity index (χ1) is 14.3. The van der Waals surface area contributed by atoms with Crippen molar-refractivity contribution in [1.29, 1.82) is 0 Å². The third kappa shape index (κ3) is 3.99. The van der Waals surface area contributed by atoms with Gasteiger partial charge < -0.3 is 5.32 Å². The number of rotatable bonds is 4. The fraction of sp³-hybridized carbons (Fsp3) is 0.182. The van der Waals surface area contributed by atoms with Crippen molar-refractivity contribution in [3.05, 3.63) is 74.0 Å². The fourth-order valence-corrected chi connectivity index (χ4v) is 4.21. The summed E-state index contributed by atoms with van der Waals surface area (Å²) in [7, 11) is 0. The average Bonchev–Trinajstić information content (AvgIpc) is 3.10. The SMILES string of the molecule is Cc1ccc(C)c(NC(=O)Cn2nc(-c3ccc(Cl)cc3)c3sc(C)nc3c2=O)c1. The molecule has 152 valence electrons. The number of fused-ring (bicyclic) bond motifs is 1. The van der Waals surface area contributed by atoms with E-state index in [0.29, 0.717) is 20.9 Å². The summed E-state index contributed by atoms with van der Waals surface area (Å²) in [4.78, 5) is 30.0. The van der Waals surface area contributed by atoms with Crippen LogP contribution in [0, 0.1) is 20.8 Å². The number of hydrogen-bond donors (Lipinski definition) is 1. The second-order valence-electron chi connectivity index (χ2n) is 7.10. The maximum atomic E-state index is 12.9. The van der Waals surface area contributed by atoms with E-state index in [1.165, 1.54) is 16.0 Å². The zero-order chi connectivity index (χ0) is 21.4. The van der Waals surface area contributed by atoms with Gasteiger partial charge in [-0.05, 0) is 50.1 Å². The van der Waals surface area contributed by atoms with E-state index in [2.05, 4.69) is 15.4 Å². The van der Waals surface area contributed by atoms with Gasteiger partial charge in [0.15, 0.2) is 5.52 Å². The molecule has 0 spiro atoms. The van der Waals surface area contributed by atoms with E-state index in [1.807, 2.05) is 51.1 Å². The molecule has 0 saturated heterocycles. The van der Waals surface area contributed by atoms with E-state index in [0.717, 1.165) is 27.4 Å². The van der Waals surface area contributed by atoms with Crippen LogP contribution in [0.15, 0.2) is 47.3 Å². The lowest BCUT2D eigenvalue weighted by atomic mass is 10.1. The summed E-state index contributed by atoms with van der Waals surface area (Å²) in [5, 5.41) is 8.75. The minimum absolute atomic E-state index is 0.209. The Morgan fingerprint density at radius 1 is 1.13 bits per heavy atom. The lowest BCUT2D eigenvalue weighted by molar-refractivity contribution is -0.117. The number of benzene rings is 2. The molecular weight excluding hydrogens is 420 g/mol. The van der Waals surface area contributed by atoms with E-state index in [-0.39, 0.29) is 18.0 Å². The summed E-state index contributed by atoms with van der Waals surface area (Å²) in [6.07, 6.45) is 0. The molecule has 0 saturated carbocycles. The Morgan fingerprint density at radius 3 is 2.60 bits per heavy atom. The van der Waals surface area contributed by atoms with Gasteiger partial charge in [-0.2, -0.15) is 5.10 Å². The molecule has 2 aromatic heterocycles. The highest BCUT2D eigenvalue weighted by Crippen LogP contribution is 2.30. The van der Waals surface area contributed by atoms with Gasteiger partial charge in [0.2, 0.25) is 5.91 Å². The van der Waals surface area contributed by atoms with Crippen molar-refractivity contribution in [2.24, 2.45) is 0 Å². The van der Waals surface area contributed by atoms with Crippen molar-refractivity contribution in [3.8, 4) is 11.3 Å². The van der Waals surface area contributed by atoms with E-state index in [4.69, 9.17) is 11.6 Å². The number of aryl methyl sites for hydroxylation is 3. The smallest absolute Gasteiger partial charge is 0.294 e. The Bertz CT molecular complexity index is 1330. The lowest BCUT2D eigenvalue weighted by Gasteiger charge is -2.11. The summed E-state index contributed by atoms with van der Waals surface area (Å²) in [6.45, 7) is 5.51. The second kappa shape index (κ2) is 8.01. The quantitative estimate of drug-likeness (QED) is 0.499. The summed E-state index contributed by atoms with van der Waals surface area (Å²) >= 11 is 7.41. The highest BCUT2D eigenvalue weighted by Gasteiger charge is 2.18. The number of aromatic nitrogens is 3. The van der Waals surface area contributed by atoms with Crippen molar-refractivity contribution in [3.63, 3.8) is 0 Å². The Labute approximate surface area is 182 Å². The second-order valence-corrected chi connectivity index (χ2v) is 8.74. The predicted octanol–water partition coefficient (Wildman–Crippen LogP) is 4.74. The van der Waals surface area contributed by atoms with Crippen LogP contribution in [0.25, 0.3) is 21.5 Å². The Balaban J connectivity index is 1.74. The third-order valence-electron chi connectivity index (χ3n) is 4.69. The molecule has 0 unspecified atom stereocenters. The number of halogens is 1. The Hall–Kier alpha value is -3.03. The lowest BCUT2D eigenvalue weighted by Crippen LogP contribution is -2.30. The van der Waals surface area contributed by atoms with Gasteiger partial charge in [-0.1, -0.05) is 35.9 Å². The number of carbonyl (C=O) groups is 1. The summed E-state index contributed by atoms with van der Waals surface area (Å²) < 4.78 is 1.87. The van der Waals surface area contributed by atoms with Crippen molar-refractivity contribution >= 4 is 44.7 Å². The van der Waals surface area contributed by atoms with Crippen LogP contribution in [0.5, 0.6) is 0 Å². The van der Waals surface area contributed by atoms with Crippen molar-refractivity contribution < 1.29 is 4.79 Å². The van der Waals surface area contributed by atoms with Crippen LogP contribution in [-0.2, 0) is 11.3 Å². The van der Waals surface area contributed by atoms with Crippen LogP contribution in [0.4, 0.5) is 5.69 Å². The number of carbonyl (C=O) groups excluding carboxylic acids is 1. The first-order valence-corrected chi connectivity index (χ1v) is 10.5. The molecule has 30 heavy (non-hydrogen) atoms. The predicted molar refractivity (Wildman–Crippen MR) is 121 cm³/mol. The van der Waals surface area contributed by atoms with Gasteiger partial charge in [0.1, 0.15) is 12.2 Å². The maximum absolute atomic E-state index is 12.9. The molecule has 8 heteroatoms. The van der Waals surface area contributed by atoms with Gasteiger partial charge in [0, 0.05) is 16.3 Å². The number of nitrogens with one attached hydrogen (secondary N) is 1. The molecule has 0 fully saturated rings. The number of amides is 1. The van der Waals surface area contributed by atoms with Crippen LogP contribution in [0.3, 0.4) is 0 Å². The first kappa shape index (κ1) is 20.3. The monoisotopic (exact) mass is 438 g/mol.